The lowest BCUT2D eigenvalue weighted by atomic mass is 9.86. The Hall–Kier alpha value is -1.36. The molecule has 2 aliphatic heterocycles. The third-order valence-corrected chi connectivity index (χ3v) is 6.94. The molecule has 1 aliphatic carbocycles. The van der Waals surface area contributed by atoms with Gasteiger partial charge in [-0.15, -0.1) is 11.8 Å². The maximum absolute atomic E-state index is 13.3. The summed E-state index contributed by atoms with van der Waals surface area (Å²) in [6.45, 7) is 1.45. The minimum absolute atomic E-state index is 0.0292. The summed E-state index contributed by atoms with van der Waals surface area (Å²) in [6.07, 6.45) is 12.3. The van der Waals surface area contributed by atoms with Gasteiger partial charge in [-0.2, -0.15) is 0 Å². The lowest BCUT2D eigenvalue weighted by Crippen LogP contribution is -2.42. The van der Waals surface area contributed by atoms with Gasteiger partial charge >= 0.3 is 0 Å². The van der Waals surface area contributed by atoms with E-state index < -0.39 is 0 Å². The standard InChI is InChI=1S/C20H27NO3S/c22-20(21-10-8-18-17(21)9-12-24-18)19(13-15-5-2-1-3-6-15)25-14-16-7-4-11-23-16/h4,7-8,11,15,17,19H,1-3,5-6,9-10,12-14H2. The first-order valence-corrected chi connectivity index (χ1v) is 10.6. The third-order valence-electron chi connectivity index (χ3n) is 5.69. The topological polar surface area (TPSA) is 42.7 Å². The van der Waals surface area contributed by atoms with Crippen molar-refractivity contribution in [1.82, 2.24) is 4.90 Å². The summed E-state index contributed by atoms with van der Waals surface area (Å²) in [4.78, 5) is 15.4. The number of carbonyl (C=O) groups excluding carboxylic acids is 1. The molecule has 0 radical (unpaired) electrons. The molecule has 1 aromatic heterocycles. The molecule has 2 atom stereocenters. The van der Waals surface area contributed by atoms with Crippen molar-refractivity contribution >= 4 is 17.7 Å². The van der Waals surface area contributed by atoms with E-state index in [4.69, 9.17) is 9.15 Å². The highest BCUT2D eigenvalue weighted by molar-refractivity contribution is 7.99. The van der Waals surface area contributed by atoms with Crippen LogP contribution in [0.2, 0.25) is 0 Å². The molecule has 0 N–H and O–H groups in total. The van der Waals surface area contributed by atoms with E-state index in [1.807, 2.05) is 17.0 Å². The molecule has 0 aromatic carbocycles. The number of furan rings is 1. The molecule has 3 heterocycles. The summed E-state index contributed by atoms with van der Waals surface area (Å²) < 4.78 is 11.1. The molecule has 1 amide bonds. The largest absolute Gasteiger partial charge is 0.496 e. The van der Waals surface area contributed by atoms with E-state index in [9.17, 15) is 4.79 Å². The SMILES string of the molecule is O=C(C(CC1CCCCC1)SCc1ccco1)N1CC=C2OCCC21. The van der Waals surface area contributed by atoms with Gasteiger partial charge in [-0.25, -0.2) is 0 Å². The summed E-state index contributed by atoms with van der Waals surface area (Å²) in [5, 5.41) is 0.0292. The quantitative estimate of drug-likeness (QED) is 0.755. The molecule has 1 saturated heterocycles. The van der Waals surface area contributed by atoms with Crippen LogP contribution in [0.1, 0.15) is 50.7 Å². The summed E-state index contributed by atoms with van der Waals surface area (Å²) >= 11 is 1.75. The van der Waals surface area contributed by atoms with Gasteiger partial charge in [-0.05, 0) is 30.5 Å². The van der Waals surface area contributed by atoms with Crippen molar-refractivity contribution in [2.24, 2.45) is 5.92 Å². The van der Waals surface area contributed by atoms with Gasteiger partial charge in [-0.1, -0.05) is 32.1 Å². The van der Waals surface area contributed by atoms with Crippen LogP contribution in [0.5, 0.6) is 0 Å². The predicted molar refractivity (Wildman–Crippen MR) is 99.1 cm³/mol. The Morgan fingerprint density at radius 2 is 2.16 bits per heavy atom. The van der Waals surface area contributed by atoms with Crippen LogP contribution in [0, 0.1) is 5.92 Å². The zero-order valence-corrected chi connectivity index (χ0v) is 15.5. The molecular weight excluding hydrogens is 334 g/mol. The second kappa shape index (κ2) is 7.90. The lowest BCUT2D eigenvalue weighted by molar-refractivity contribution is -0.131. The number of hydrogen-bond acceptors (Lipinski definition) is 4. The predicted octanol–water partition coefficient (Wildman–Crippen LogP) is 4.37. The second-order valence-corrected chi connectivity index (χ2v) is 8.56. The number of rotatable bonds is 6. The fourth-order valence-corrected chi connectivity index (χ4v) is 5.53. The number of fused-ring (bicyclic) bond motifs is 1. The van der Waals surface area contributed by atoms with E-state index in [0.717, 1.165) is 36.7 Å². The zero-order valence-electron chi connectivity index (χ0n) is 14.7. The first-order valence-electron chi connectivity index (χ1n) is 9.58. The van der Waals surface area contributed by atoms with Gasteiger partial charge in [0.2, 0.25) is 5.91 Å². The molecule has 2 unspecified atom stereocenters. The Morgan fingerprint density at radius 3 is 2.96 bits per heavy atom. The molecule has 1 saturated carbocycles. The fourth-order valence-electron chi connectivity index (χ4n) is 4.32. The third kappa shape index (κ3) is 3.91. The van der Waals surface area contributed by atoms with Crippen LogP contribution < -0.4 is 0 Å². The first-order chi connectivity index (χ1) is 12.3. The maximum Gasteiger partial charge on any atom is 0.236 e. The van der Waals surface area contributed by atoms with Crippen LogP contribution in [-0.4, -0.2) is 35.3 Å². The highest BCUT2D eigenvalue weighted by Crippen LogP contribution is 2.35. The molecule has 0 bridgehead atoms. The van der Waals surface area contributed by atoms with Gasteiger partial charge in [-0.3, -0.25) is 4.79 Å². The van der Waals surface area contributed by atoms with Crippen molar-refractivity contribution in [2.75, 3.05) is 13.2 Å². The summed E-state index contributed by atoms with van der Waals surface area (Å²) in [7, 11) is 0. The number of hydrogen-bond donors (Lipinski definition) is 0. The van der Waals surface area contributed by atoms with Crippen molar-refractivity contribution in [2.45, 2.75) is 62.0 Å². The molecule has 3 aliphatic rings. The molecule has 136 valence electrons. The van der Waals surface area contributed by atoms with Crippen LogP contribution in [0.4, 0.5) is 0 Å². The summed E-state index contributed by atoms with van der Waals surface area (Å²) in [5.74, 6) is 3.73. The maximum atomic E-state index is 13.3. The fraction of sp³-hybridized carbons (Fsp3) is 0.650. The second-order valence-electron chi connectivity index (χ2n) is 7.37. The number of thioether (sulfide) groups is 1. The normalized spacial score (nSPS) is 24.7. The highest BCUT2D eigenvalue weighted by atomic mass is 32.2. The van der Waals surface area contributed by atoms with Crippen molar-refractivity contribution < 1.29 is 13.9 Å². The molecule has 2 fully saturated rings. The van der Waals surface area contributed by atoms with E-state index >= 15 is 0 Å². The summed E-state index contributed by atoms with van der Waals surface area (Å²) in [6, 6.07) is 4.10. The Kier molecular flexibility index (Phi) is 5.39. The van der Waals surface area contributed by atoms with E-state index in [0.29, 0.717) is 18.4 Å². The molecule has 0 spiro atoms. The van der Waals surface area contributed by atoms with Crippen molar-refractivity contribution in [3.8, 4) is 0 Å². The lowest BCUT2D eigenvalue weighted by Gasteiger charge is -2.30. The monoisotopic (exact) mass is 361 g/mol. The van der Waals surface area contributed by atoms with Crippen LogP contribution in [0.3, 0.4) is 0 Å². The molecule has 4 nitrogen and oxygen atoms in total. The van der Waals surface area contributed by atoms with E-state index in [2.05, 4.69) is 6.08 Å². The number of carbonyl (C=O) groups is 1. The van der Waals surface area contributed by atoms with E-state index in [1.54, 1.807) is 18.0 Å². The Bertz CT molecular complexity index is 606. The van der Waals surface area contributed by atoms with Gasteiger partial charge in [0, 0.05) is 13.0 Å². The van der Waals surface area contributed by atoms with Gasteiger partial charge < -0.3 is 14.1 Å². The minimum atomic E-state index is 0.0292. The Balaban J connectivity index is 1.42. The minimum Gasteiger partial charge on any atom is -0.496 e. The smallest absolute Gasteiger partial charge is 0.236 e. The first kappa shape index (κ1) is 17.1. The number of nitrogens with zero attached hydrogens (tertiary/aromatic N) is 1. The van der Waals surface area contributed by atoms with E-state index in [1.165, 1.54) is 32.1 Å². The van der Waals surface area contributed by atoms with E-state index in [-0.39, 0.29) is 11.3 Å². The average Bonchev–Trinajstić information content (AvgIpc) is 3.36. The zero-order chi connectivity index (χ0) is 17.1. The molecule has 5 heteroatoms. The molecule has 1 aromatic rings. The van der Waals surface area contributed by atoms with Crippen LogP contribution >= 0.6 is 11.8 Å². The van der Waals surface area contributed by atoms with Gasteiger partial charge in [0.15, 0.2) is 0 Å². The van der Waals surface area contributed by atoms with Crippen LogP contribution in [0.15, 0.2) is 34.6 Å². The van der Waals surface area contributed by atoms with Crippen LogP contribution in [-0.2, 0) is 15.3 Å². The highest BCUT2D eigenvalue weighted by Gasteiger charge is 2.39. The number of ether oxygens (including phenoxy) is 1. The van der Waals surface area contributed by atoms with Gasteiger partial charge in [0.05, 0.1) is 29.9 Å². The van der Waals surface area contributed by atoms with Gasteiger partial charge in [0.25, 0.3) is 0 Å². The molecular formula is C20H27NO3S. The Morgan fingerprint density at radius 1 is 1.28 bits per heavy atom. The van der Waals surface area contributed by atoms with Crippen molar-refractivity contribution in [3.63, 3.8) is 0 Å². The Labute approximate surface area is 154 Å². The summed E-state index contributed by atoms with van der Waals surface area (Å²) in [5.41, 5.74) is 0. The molecule has 4 rings (SSSR count). The van der Waals surface area contributed by atoms with Gasteiger partial charge in [0.1, 0.15) is 11.5 Å². The van der Waals surface area contributed by atoms with Crippen molar-refractivity contribution in [3.05, 3.63) is 36.0 Å². The van der Waals surface area contributed by atoms with Crippen molar-refractivity contribution in [1.29, 1.82) is 0 Å². The van der Waals surface area contributed by atoms with Crippen LogP contribution in [0.25, 0.3) is 0 Å². The molecule has 25 heavy (non-hydrogen) atoms. The average molecular weight is 362 g/mol. The number of amides is 1.